The van der Waals surface area contributed by atoms with Crippen LogP contribution in [0.3, 0.4) is 0 Å². The van der Waals surface area contributed by atoms with Crippen LogP contribution in [0.1, 0.15) is 93.5 Å². The molecule has 3 aromatic rings. The number of nitrogens with zero attached hydrogens (tertiary/aromatic N) is 1. The molecule has 4 heteroatoms. The van der Waals surface area contributed by atoms with Gasteiger partial charge in [0.15, 0.2) is 5.78 Å². The minimum absolute atomic E-state index is 0.138. The maximum atomic E-state index is 13.7. The van der Waals surface area contributed by atoms with Crippen LogP contribution in [0.5, 0.6) is 5.75 Å². The van der Waals surface area contributed by atoms with Crippen LogP contribution in [-0.2, 0) is 0 Å². The molecule has 3 nitrogen and oxygen atoms in total. The molecule has 3 unspecified atom stereocenters. The zero-order valence-corrected chi connectivity index (χ0v) is 24.0. The van der Waals surface area contributed by atoms with Gasteiger partial charge in [-0.3, -0.25) is 9.79 Å². The third-order valence-electron chi connectivity index (χ3n) is 8.91. The Morgan fingerprint density at radius 1 is 0.875 bits per heavy atom. The standard InChI is InChI=1S/C36H42FNO2/c1-3-8-25-9-4-5-10-26(21-25)22-27-13-20-35(39)32-24-29(28-14-17-30(37)18-15-28)16-19-33(32)38-34(23-27)31-11-6-7-12-36(31)40-2/h6-7,11-12,14-19,24-27H,3-5,8-10,13,20-23H2,1-2H3. The number of carbonyl (C=O) groups is 1. The van der Waals surface area contributed by atoms with Crippen molar-refractivity contribution in [3.05, 3.63) is 83.7 Å². The second-order valence-corrected chi connectivity index (χ2v) is 11.8. The first-order valence-corrected chi connectivity index (χ1v) is 15.2. The van der Waals surface area contributed by atoms with E-state index in [1.807, 2.05) is 36.4 Å². The Morgan fingerprint density at radius 2 is 1.62 bits per heavy atom. The molecule has 0 bridgehead atoms. The number of ketones is 1. The van der Waals surface area contributed by atoms with Crippen molar-refractivity contribution in [2.75, 3.05) is 7.11 Å². The Hall–Kier alpha value is -3.27. The highest BCUT2D eigenvalue weighted by atomic mass is 19.1. The lowest BCUT2D eigenvalue weighted by Crippen LogP contribution is -2.17. The number of rotatable bonds is 7. The van der Waals surface area contributed by atoms with Crippen LogP contribution < -0.4 is 4.74 Å². The predicted octanol–water partition coefficient (Wildman–Crippen LogP) is 9.99. The molecule has 210 valence electrons. The molecule has 1 aliphatic heterocycles. The number of carbonyl (C=O) groups excluding carboxylic acids is 1. The monoisotopic (exact) mass is 539 g/mol. The molecule has 0 radical (unpaired) electrons. The molecule has 0 aromatic heterocycles. The molecule has 40 heavy (non-hydrogen) atoms. The Labute approximate surface area is 238 Å². The minimum atomic E-state index is -0.269. The summed E-state index contributed by atoms with van der Waals surface area (Å²) in [6.07, 6.45) is 12.6. The van der Waals surface area contributed by atoms with Crippen molar-refractivity contribution in [2.24, 2.45) is 22.7 Å². The highest BCUT2D eigenvalue weighted by molar-refractivity contribution is 6.08. The summed E-state index contributed by atoms with van der Waals surface area (Å²) >= 11 is 0. The highest BCUT2D eigenvalue weighted by Gasteiger charge is 2.27. The quantitative estimate of drug-likeness (QED) is 0.280. The van der Waals surface area contributed by atoms with Crippen molar-refractivity contribution in [3.8, 4) is 16.9 Å². The fourth-order valence-electron chi connectivity index (χ4n) is 6.90. The fourth-order valence-corrected chi connectivity index (χ4v) is 6.90. The smallest absolute Gasteiger partial charge is 0.165 e. The molecule has 3 atom stereocenters. The number of benzene rings is 3. The van der Waals surface area contributed by atoms with Gasteiger partial charge in [0.1, 0.15) is 11.6 Å². The van der Waals surface area contributed by atoms with E-state index >= 15 is 0 Å². The van der Waals surface area contributed by atoms with Gasteiger partial charge >= 0.3 is 0 Å². The second-order valence-electron chi connectivity index (χ2n) is 11.8. The maximum absolute atomic E-state index is 13.7. The largest absolute Gasteiger partial charge is 0.496 e. The highest BCUT2D eigenvalue weighted by Crippen LogP contribution is 2.39. The van der Waals surface area contributed by atoms with Gasteiger partial charge in [-0.25, -0.2) is 4.39 Å². The Kier molecular flexibility index (Phi) is 9.46. The van der Waals surface area contributed by atoms with Crippen LogP contribution >= 0.6 is 0 Å². The number of hydrogen-bond acceptors (Lipinski definition) is 3. The molecule has 1 aliphatic carbocycles. The van der Waals surface area contributed by atoms with Gasteiger partial charge in [0, 0.05) is 17.5 Å². The maximum Gasteiger partial charge on any atom is 0.165 e. The zero-order chi connectivity index (χ0) is 27.9. The number of methoxy groups -OCH3 is 1. The van der Waals surface area contributed by atoms with E-state index < -0.39 is 0 Å². The van der Waals surface area contributed by atoms with E-state index in [0.717, 1.165) is 53.3 Å². The molecular formula is C36H42FNO2. The van der Waals surface area contributed by atoms with Crippen molar-refractivity contribution in [1.29, 1.82) is 0 Å². The number of ether oxygens (including phenoxy) is 1. The van der Waals surface area contributed by atoms with Crippen LogP contribution in [0.15, 0.2) is 71.7 Å². The molecular weight excluding hydrogens is 497 g/mol. The van der Waals surface area contributed by atoms with Crippen molar-refractivity contribution in [1.82, 2.24) is 0 Å². The molecule has 0 spiro atoms. The van der Waals surface area contributed by atoms with Crippen LogP contribution in [-0.4, -0.2) is 18.6 Å². The first-order valence-electron chi connectivity index (χ1n) is 15.2. The summed E-state index contributed by atoms with van der Waals surface area (Å²) in [6.45, 7) is 2.30. The van der Waals surface area contributed by atoms with E-state index in [2.05, 4.69) is 13.0 Å². The lowest BCUT2D eigenvalue weighted by atomic mass is 9.80. The second kappa shape index (κ2) is 13.4. The van der Waals surface area contributed by atoms with Crippen LogP contribution in [0.4, 0.5) is 10.1 Å². The zero-order valence-electron chi connectivity index (χ0n) is 24.0. The number of hydrogen-bond donors (Lipinski definition) is 0. The van der Waals surface area contributed by atoms with E-state index in [-0.39, 0.29) is 11.6 Å². The van der Waals surface area contributed by atoms with Gasteiger partial charge in [-0.05, 0) is 91.0 Å². The first kappa shape index (κ1) is 28.3. The van der Waals surface area contributed by atoms with Gasteiger partial charge in [-0.15, -0.1) is 0 Å². The van der Waals surface area contributed by atoms with E-state index in [4.69, 9.17) is 9.73 Å². The molecule has 1 fully saturated rings. The van der Waals surface area contributed by atoms with Gasteiger partial charge < -0.3 is 4.74 Å². The van der Waals surface area contributed by atoms with E-state index in [1.54, 1.807) is 19.2 Å². The normalized spacial score (nSPS) is 21.8. The third-order valence-corrected chi connectivity index (χ3v) is 8.91. The van der Waals surface area contributed by atoms with Gasteiger partial charge in [0.2, 0.25) is 0 Å². The SMILES string of the molecule is CCCC1CCCCC(CC2CCC(=O)c3cc(-c4ccc(F)cc4)ccc3N=C(c3ccccc3OC)C2)C1. The summed E-state index contributed by atoms with van der Waals surface area (Å²) in [5, 5.41) is 0. The molecule has 0 amide bonds. The molecule has 2 aliphatic rings. The van der Waals surface area contributed by atoms with Crippen LogP contribution in [0, 0.1) is 23.6 Å². The van der Waals surface area contributed by atoms with Gasteiger partial charge in [-0.2, -0.15) is 0 Å². The topological polar surface area (TPSA) is 38.7 Å². The van der Waals surface area contributed by atoms with Crippen molar-refractivity contribution in [3.63, 3.8) is 0 Å². The van der Waals surface area contributed by atoms with E-state index in [0.29, 0.717) is 29.5 Å². The summed E-state index contributed by atoms with van der Waals surface area (Å²) in [4.78, 5) is 18.9. The summed E-state index contributed by atoms with van der Waals surface area (Å²) in [5.41, 5.74) is 5.13. The number of para-hydroxylation sites is 1. The third kappa shape index (κ3) is 6.89. The number of fused-ring (bicyclic) bond motifs is 1. The number of Topliss-reactive ketones (excluding diaryl/α,β-unsaturated/α-hetero) is 1. The summed E-state index contributed by atoms with van der Waals surface area (Å²) in [7, 11) is 1.71. The Morgan fingerprint density at radius 3 is 2.40 bits per heavy atom. The number of aliphatic imine (C=N–C) groups is 1. The van der Waals surface area contributed by atoms with Crippen molar-refractivity contribution in [2.45, 2.75) is 77.6 Å². The lowest BCUT2D eigenvalue weighted by molar-refractivity contribution is 0.0972. The fraction of sp³-hybridized carbons (Fsp3) is 0.444. The van der Waals surface area contributed by atoms with Crippen molar-refractivity contribution < 1.29 is 13.9 Å². The van der Waals surface area contributed by atoms with Gasteiger partial charge in [-0.1, -0.05) is 75.8 Å². The molecule has 0 saturated heterocycles. The van der Waals surface area contributed by atoms with Gasteiger partial charge in [0.25, 0.3) is 0 Å². The Bertz CT molecular complexity index is 1330. The lowest BCUT2D eigenvalue weighted by Gasteiger charge is -2.25. The van der Waals surface area contributed by atoms with E-state index in [1.165, 1.54) is 57.1 Å². The first-order chi connectivity index (χ1) is 19.5. The summed E-state index contributed by atoms with van der Waals surface area (Å²) in [5.74, 6) is 2.63. The molecule has 0 N–H and O–H groups in total. The average molecular weight is 540 g/mol. The van der Waals surface area contributed by atoms with Crippen LogP contribution in [0.2, 0.25) is 0 Å². The average Bonchev–Trinajstić information content (AvgIpc) is 3.17. The van der Waals surface area contributed by atoms with Crippen molar-refractivity contribution >= 4 is 17.2 Å². The molecule has 1 heterocycles. The molecule has 1 saturated carbocycles. The van der Waals surface area contributed by atoms with Gasteiger partial charge in [0.05, 0.1) is 18.5 Å². The summed E-state index contributed by atoms with van der Waals surface area (Å²) < 4.78 is 19.3. The van der Waals surface area contributed by atoms with E-state index in [9.17, 15) is 9.18 Å². The number of halogens is 1. The Balaban J connectivity index is 1.50. The van der Waals surface area contributed by atoms with Crippen LogP contribution in [0.25, 0.3) is 11.1 Å². The summed E-state index contributed by atoms with van der Waals surface area (Å²) in [6, 6.07) is 20.4. The molecule has 3 aromatic carbocycles. The predicted molar refractivity (Wildman–Crippen MR) is 162 cm³/mol. The minimum Gasteiger partial charge on any atom is -0.496 e. The molecule has 5 rings (SSSR count).